The number of ether oxygens (including phenoxy) is 2. The molecule has 3 atom stereocenters. The summed E-state index contributed by atoms with van der Waals surface area (Å²) in [4.78, 5) is 23.3. The Morgan fingerprint density at radius 1 is 1.14 bits per heavy atom. The third-order valence-corrected chi connectivity index (χ3v) is 2.99. The van der Waals surface area contributed by atoms with Crippen LogP contribution in [-0.2, 0) is 9.59 Å². The molecule has 0 fully saturated rings. The van der Waals surface area contributed by atoms with Crippen molar-refractivity contribution in [1.82, 2.24) is 0 Å². The van der Waals surface area contributed by atoms with Crippen LogP contribution in [0, 0.1) is 0 Å². The van der Waals surface area contributed by atoms with Gasteiger partial charge in [-0.2, -0.15) is 0 Å². The molecule has 1 aliphatic heterocycles. The number of carbonyl (C=O) groups is 2. The molecule has 2 rings (SSSR count). The van der Waals surface area contributed by atoms with Crippen molar-refractivity contribution in [3.63, 3.8) is 0 Å². The Kier molecular flexibility index (Phi) is 4.19. The molecule has 22 heavy (non-hydrogen) atoms. The first-order chi connectivity index (χ1) is 10.3. The Hall–Kier alpha value is -2.40. The van der Waals surface area contributed by atoms with Gasteiger partial charge in [0.15, 0.2) is 23.7 Å². The van der Waals surface area contributed by atoms with E-state index < -0.39 is 59.8 Å². The number of benzene rings is 1. The minimum Gasteiger partial charge on any atom is -0.504 e. The average molecular weight is 315 g/mol. The van der Waals surface area contributed by atoms with E-state index in [0.29, 0.717) is 0 Å². The number of aromatic hydroxyl groups is 2. The minimum absolute atomic E-state index is 0.388. The monoisotopic (exact) mass is 315 g/mol. The van der Waals surface area contributed by atoms with Crippen LogP contribution < -0.4 is 15.2 Å². The van der Waals surface area contributed by atoms with Crippen LogP contribution in [-0.4, -0.2) is 56.2 Å². The molecular weight excluding hydrogens is 302 g/mol. The molecule has 1 aliphatic rings. The number of esters is 2. The largest absolute Gasteiger partial charge is 0.504 e. The maximum absolute atomic E-state index is 11.7. The number of hydrogen-bond donors (Lipinski definition) is 6. The van der Waals surface area contributed by atoms with Crippen LogP contribution >= 0.6 is 0 Å². The zero-order chi connectivity index (χ0) is 16.6. The predicted molar refractivity (Wildman–Crippen MR) is 67.1 cm³/mol. The molecule has 1 aromatic rings. The highest BCUT2D eigenvalue weighted by molar-refractivity contribution is 5.89. The second-order valence-electron chi connectivity index (χ2n) is 4.47. The van der Waals surface area contributed by atoms with Gasteiger partial charge < -0.3 is 40.7 Å². The van der Waals surface area contributed by atoms with E-state index in [1.54, 1.807) is 0 Å². The molecule has 1 aromatic carbocycles. The second kappa shape index (κ2) is 5.77. The highest BCUT2D eigenvalue weighted by Crippen LogP contribution is 2.47. The molecule has 1 heterocycles. The van der Waals surface area contributed by atoms with Gasteiger partial charge in [-0.25, -0.2) is 9.59 Å². The Bertz CT molecular complexity index is 630. The van der Waals surface area contributed by atoms with Crippen molar-refractivity contribution in [3.05, 3.63) is 11.6 Å². The third kappa shape index (κ3) is 2.55. The van der Waals surface area contributed by atoms with Gasteiger partial charge >= 0.3 is 11.9 Å². The Balaban J connectivity index is 2.71. The first-order valence-corrected chi connectivity index (χ1v) is 6.04. The Morgan fingerprint density at radius 2 is 1.68 bits per heavy atom. The molecule has 0 saturated heterocycles. The number of carbonyl (C=O) groups excluding carboxylic acids is 2. The van der Waals surface area contributed by atoms with Gasteiger partial charge in [-0.3, -0.25) is 0 Å². The SMILES string of the molecule is NC[C@@H](O)c1c2cc(O)c(O)c1OC(=O)[C@H](O)[C@@H](O)C(=O)O2. The summed E-state index contributed by atoms with van der Waals surface area (Å²) in [6.45, 7) is -0.398. The van der Waals surface area contributed by atoms with E-state index in [2.05, 4.69) is 4.74 Å². The highest BCUT2D eigenvalue weighted by Gasteiger charge is 2.38. The maximum Gasteiger partial charge on any atom is 0.343 e. The summed E-state index contributed by atoms with van der Waals surface area (Å²) in [6, 6.07) is 0.767. The van der Waals surface area contributed by atoms with Gasteiger partial charge in [0.1, 0.15) is 5.75 Å². The van der Waals surface area contributed by atoms with Crippen LogP contribution in [0.4, 0.5) is 0 Å². The number of nitrogens with two attached hydrogens (primary N) is 1. The summed E-state index contributed by atoms with van der Waals surface area (Å²) in [5.74, 6) is -5.90. The fourth-order valence-electron chi connectivity index (χ4n) is 1.83. The number of hydrogen-bond acceptors (Lipinski definition) is 10. The zero-order valence-electron chi connectivity index (χ0n) is 11.0. The summed E-state index contributed by atoms with van der Waals surface area (Å²) in [5, 5.41) is 48.2. The number of phenolic OH excluding ortho intramolecular Hbond substituents is 2. The van der Waals surface area contributed by atoms with E-state index in [1.165, 1.54) is 0 Å². The van der Waals surface area contributed by atoms with Gasteiger partial charge in [-0.15, -0.1) is 0 Å². The summed E-state index contributed by atoms with van der Waals surface area (Å²) < 4.78 is 9.39. The lowest BCUT2D eigenvalue weighted by Crippen LogP contribution is -2.43. The van der Waals surface area contributed by atoms with E-state index >= 15 is 0 Å². The van der Waals surface area contributed by atoms with Gasteiger partial charge in [0.2, 0.25) is 5.75 Å². The van der Waals surface area contributed by atoms with Crippen LogP contribution in [0.1, 0.15) is 11.7 Å². The molecule has 0 aliphatic carbocycles. The van der Waals surface area contributed by atoms with Crippen molar-refractivity contribution in [2.24, 2.45) is 5.73 Å². The van der Waals surface area contributed by atoms with Crippen molar-refractivity contribution >= 4 is 11.9 Å². The lowest BCUT2D eigenvalue weighted by atomic mass is 10.1. The second-order valence-corrected chi connectivity index (χ2v) is 4.47. The molecule has 0 aromatic heterocycles. The molecule has 7 N–H and O–H groups in total. The fraction of sp³-hybridized carbons (Fsp3) is 0.333. The minimum atomic E-state index is -2.29. The van der Waals surface area contributed by atoms with Crippen LogP contribution in [0.3, 0.4) is 0 Å². The predicted octanol–water partition coefficient (Wildman–Crippen LogP) is -2.36. The molecule has 120 valence electrons. The molecular formula is C12H13NO9. The molecule has 10 heteroatoms. The van der Waals surface area contributed by atoms with E-state index in [-0.39, 0.29) is 5.56 Å². The normalized spacial score (nSPS) is 22.9. The number of rotatable bonds is 2. The van der Waals surface area contributed by atoms with Crippen LogP contribution in [0.2, 0.25) is 0 Å². The molecule has 0 radical (unpaired) electrons. The van der Waals surface area contributed by atoms with Gasteiger partial charge in [0.25, 0.3) is 0 Å². The van der Waals surface area contributed by atoms with Crippen LogP contribution in [0.5, 0.6) is 23.0 Å². The maximum atomic E-state index is 11.7. The van der Waals surface area contributed by atoms with Crippen molar-refractivity contribution in [2.45, 2.75) is 18.3 Å². The summed E-state index contributed by atoms with van der Waals surface area (Å²) in [7, 11) is 0. The number of phenols is 2. The first kappa shape index (κ1) is 16.0. The number of fused-ring (bicyclic) bond motifs is 2. The van der Waals surface area contributed by atoms with Crippen molar-refractivity contribution in [3.8, 4) is 23.0 Å². The standard InChI is InChI=1S/C12H13NO9/c13-2-4(15)6-5-1-3(14)7(16)10(6)22-12(20)9(18)8(17)11(19)21-5/h1,4,8-9,14-18H,2,13H2/t4-,8-,9-/m1/s1. The number of aliphatic hydroxyl groups excluding tert-OH is 3. The van der Waals surface area contributed by atoms with Gasteiger partial charge in [0, 0.05) is 12.6 Å². The Labute approximate surface area is 122 Å². The molecule has 0 unspecified atom stereocenters. The number of aliphatic hydroxyl groups is 3. The topological polar surface area (TPSA) is 180 Å². The fourth-order valence-corrected chi connectivity index (χ4v) is 1.83. The molecule has 0 saturated carbocycles. The van der Waals surface area contributed by atoms with Gasteiger partial charge in [-0.1, -0.05) is 0 Å². The third-order valence-electron chi connectivity index (χ3n) is 2.99. The van der Waals surface area contributed by atoms with Crippen LogP contribution in [0.25, 0.3) is 0 Å². The summed E-state index contributed by atoms with van der Waals surface area (Å²) in [5.41, 5.74) is 4.90. The first-order valence-electron chi connectivity index (χ1n) is 6.04. The summed E-state index contributed by atoms with van der Waals surface area (Å²) in [6.07, 6.45) is -6.07. The van der Waals surface area contributed by atoms with Crippen molar-refractivity contribution in [2.75, 3.05) is 6.54 Å². The van der Waals surface area contributed by atoms with E-state index in [4.69, 9.17) is 10.5 Å². The Morgan fingerprint density at radius 3 is 2.23 bits per heavy atom. The smallest absolute Gasteiger partial charge is 0.343 e. The molecule has 0 spiro atoms. The highest BCUT2D eigenvalue weighted by atomic mass is 16.6. The van der Waals surface area contributed by atoms with Crippen molar-refractivity contribution < 1.29 is 44.6 Å². The molecule has 2 bridgehead atoms. The van der Waals surface area contributed by atoms with Gasteiger partial charge in [-0.05, 0) is 0 Å². The van der Waals surface area contributed by atoms with Crippen molar-refractivity contribution in [1.29, 1.82) is 0 Å². The quantitative estimate of drug-likeness (QED) is 0.196. The van der Waals surface area contributed by atoms with E-state index in [1.807, 2.05) is 0 Å². The van der Waals surface area contributed by atoms with E-state index in [0.717, 1.165) is 6.07 Å². The summed E-state index contributed by atoms with van der Waals surface area (Å²) >= 11 is 0. The molecule has 10 nitrogen and oxygen atoms in total. The average Bonchev–Trinajstić information content (AvgIpc) is 2.51. The molecule has 0 amide bonds. The van der Waals surface area contributed by atoms with Crippen LogP contribution in [0.15, 0.2) is 6.07 Å². The lowest BCUT2D eigenvalue weighted by Gasteiger charge is -2.18. The van der Waals surface area contributed by atoms with Gasteiger partial charge in [0.05, 0.1) is 11.7 Å². The zero-order valence-corrected chi connectivity index (χ0v) is 11.0. The lowest BCUT2D eigenvalue weighted by molar-refractivity contribution is -0.161. The van der Waals surface area contributed by atoms with E-state index in [9.17, 15) is 35.1 Å².